The Morgan fingerprint density at radius 2 is 1.67 bits per heavy atom. The van der Waals surface area contributed by atoms with Gasteiger partial charge in [0.25, 0.3) is 0 Å². The zero-order valence-electron chi connectivity index (χ0n) is 15.1. The number of likely N-dealkylation sites (tertiary alicyclic amines) is 1. The van der Waals surface area contributed by atoms with Crippen molar-refractivity contribution in [1.29, 1.82) is 0 Å². The molecular weight excluding hydrogens is 394 g/mol. The molecule has 0 aliphatic carbocycles. The largest absolute Gasteiger partial charge is 0.465 e. The molecule has 24 heavy (non-hydrogen) atoms. The summed E-state index contributed by atoms with van der Waals surface area (Å²) in [7, 11) is -0.0990. The van der Waals surface area contributed by atoms with Gasteiger partial charge >= 0.3 is 11.9 Å². The molecule has 1 heterocycles. The monoisotopic (exact) mass is 419 g/mol. The van der Waals surface area contributed by atoms with Gasteiger partial charge in [-0.15, -0.1) is 0 Å². The second kappa shape index (κ2) is 8.29. The summed E-state index contributed by atoms with van der Waals surface area (Å²) in [6.07, 6.45) is 0. The first-order valence-corrected chi connectivity index (χ1v) is 12.3. The summed E-state index contributed by atoms with van der Waals surface area (Å²) in [5.74, 6) is -3.81. The molecule has 0 bridgehead atoms. The van der Waals surface area contributed by atoms with Crippen molar-refractivity contribution in [3.8, 4) is 0 Å². The Morgan fingerprint density at radius 1 is 1.21 bits per heavy atom. The molecule has 0 aromatic carbocycles. The summed E-state index contributed by atoms with van der Waals surface area (Å²) in [6, 6.07) is 0. The van der Waals surface area contributed by atoms with E-state index < -0.39 is 31.8 Å². The fourth-order valence-corrected chi connectivity index (χ4v) is 4.25. The number of ether oxygens (including phenoxy) is 2. The number of rotatable bonds is 6. The van der Waals surface area contributed by atoms with E-state index in [4.69, 9.17) is 9.47 Å². The molecule has 1 aliphatic rings. The average molecular weight is 420 g/mol. The molecule has 6 nitrogen and oxygen atoms in total. The van der Waals surface area contributed by atoms with Gasteiger partial charge in [-0.05, 0) is 23.5 Å². The lowest BCUT2D eigenvalue weighted by atomic mass is 9.88. The quantitative estimate of drug-likeness (QED) is 0.375. The molecule has 1 unspecified atom stereocenters. The van der Waals surface area contributed by atoms with Gasteiger partial charge in [0.15, 0.2) is 5.92 Å². The highest BCUT2D eigenvalue weighted by molar-refractivity contribution is 9.12. The predicted molar refractivity (Wildman–Crippen MR) is 97.2 cm³/mol. The Balaban J connectivity index is 3.42. The first-order valence-electron chi connectivity index (χ1n) is 8.03. The number of carbonyl (C=O) groups excluding carboxylic acids is 3. The molecule has 1 amide bonds. The zero-order valence-corrected chi connectivity index (χ0v) is 17.7. The number of hydrogen-bond donors (Lipinski definition) is 0. The van der Waals surface area contributed by atoms with Crippen molar-refractivity contribution in [3.63, 3.8) is 0 Å². The van der Waals surface area contributed by atoms with Gasteiger partial charge in [-0.25, -0.2) is 0 Å². The van der Waals surface area contributed by atoms with Crippen molar-refractivity contribution < 1.29 is 23.9 Å². The lowest BCUT2D eigenvalue weighted by Crippen LogP contribution is -2.39. The molecule has 0 N–H and O–H groups in total. The number of nitrogens with zero attached hydrogens (tertiary/aromatic N) is 1. The van der Waals surface area contributed by atoms with E-state index in [0.29, 0.717) is 6.54 Å². The molecule has 1 rings (SSSR count). The van der Waals surface area contributed by atoms with E-state index in [0.717, 1.165) is 9.68 Å². The van der Waals surface area contributed by atoms with Gasteiger partial charge in [0, 0.05) is 13.6 Å². The Labute approximate surface area is 152 Å². The van der Waals surface area contributed by atoms with Gasteiger partial charge in [0.2, 0.25) is 5.91 Å². The van der Waals surface area contributed by atoms with Crippen molar-refractivity contribution in [3.05, 3.63) is 9.68 Å². The fraction of sp³-hybridized carbons (Fsp3) is 0.688. The van der Waals surface area contributed by atoms with Crippen molar-refractivity contribution in [2.75, 3.05) is 26.8 Å². The molecule has 1 atom stereocenters. The van der Waals surface area contributed by atoms with Gasteiger partial charge in [0.1, 0.15) is 0 Å². The standard InChI is InChI=1S/C16H26BrNO5Si/c1-7-22-15(20)12(16(21)23-8-2)11-10(9-18(3)14(11)19)13(17)24(4,5)6/h11-12H,7-9H2,1-6H3/b13-10+. The maximum absolute atomic E-state index is 12.7. The maximum atomic E-state index is 12.7. The number of carbonyl (C=O) groups is 3. The normalized spacial score (nSPS) is 20.4. The summed E-state index contributed by atoms with van der Waals surface area (Å²) in [5, 5.41) is 0. The second-order valence-corrected chi connectivity index (χ2v) is 13.3. The highest BCUT2D eigenvalue weighted by atomic mass is 79.9. The van der Waals surface area contributed by atoms with E-state index in [-0.39, 0.29) is 19.1 Å². The van der Waals surface area contributed by atoms with Crippen LogP contribution in [0.3, 0.4) is 0 Å². The van der Waals surface area contributed by atoms with Crippen LogP contribution in [0.25, 0.3) is 0 Å². The minimum Gasteiger partial charge on any atom is -0.465 e. The van der Waals surface area contributed by atoms with Crippen LogP contribution in [0.2, 0.25) is 19.6 Å². The Morgan fingerprint density at radius 3 is 2.04 bits per heavy atom. The second-order valence-electron chi connectivity index (χ2n) is 6.74. The lowest BCUT2D eigenvalue weighted by Gasteiger charge is -2.24. The predicted octanol–water partition coefficient (Wildman–Crippen LogP) is 2.34. The highest BCUT2D eigenvalue weighted by Crippen LogP contribution is 2.38. The van der Waals surface area contributed by atoms with Crippen LogP contribution in [0.5, 0.6) is 0 Å². The van der Waals surface area contributed by atoms with Crippen LogP contribution in [0, 0.1) is 11.8 Å². The third-order valence-corrected chi connectivity index (χ3v) is 9.50. The Bertz CT molecular complexity index is 537. The van der Waals surface area contributed by atoms with Gasteiger partial charge < -0.3 is 14.4 Å². The molecule has 0 saturated carbocycles. The lowest BCUT2D eigenvalue weighted by molar-refractivity contribution is -0.165. The van der Waals surface area contributed by atoms with Crippen molar-refractivity contribution in [1.82, 2.24) is 4.90 Å². The van der Waals surface area contributed by atoms with Crippen LogP contribution < -0.4 is 0 Å². The van der Waals surface area contributed by atoms with Crippen LogP contribution in [0.15, 0.2) is 9.68 Å². The van der Waals surface area contributed by atoms with E-state index in [1.54, 1.807) is 20.9 Å². The van der Waals surface area contributed by atoms with E-state index in [1.165, 1.54) is 4.90 Å². The summed E-state index contributed by atoms with van der Waals surface area (Å²) >= 11 is 3.62. The van der Waals surface area contributed by atoms with E-state index in [2.05, 4.69) is 35.6 Å². The van der Waals surface area contributed by atoms with Gasteiger partial charge in [-0.2, -0.15) is 0 Å². The molecule has 0 aromatic heterocycles. The summed E-state index contributed by atoms with van der Waals surface area (Å²) in [4.78, 5) is 39.0. The number of likely N-dealkylation sites (N-methyl/N-ethyl adjacent to an activating group) is 1. The maximum Gasteiger partial charge on any atom is 0.321 e. The molecule has 136 valence electrons. The van der Waals surface area contributed by atoms with Crippen molar-refractivity contribution in [2.45, 2.75) is 33.5 Å². The molecule has 1 fully saturated rings. The minimum atomic E-state index is -1.77. The van der Waals surface area contributed by atoms with Crippen molar-refractivity contribution in [2.24, 2.45) is 11.8 Å². The number of amides is 1. The fourth-order valence-electron chi connectivity index (χ4n) is 2.68. The minimum absolute atomic E-state index is 0.139. The topological polar surface area (TPSA) is 72.9 Å². The van der Waals surface area contributed by atoms with Crippen molar-refractivity contribution >= 4 is 41.8 Å². The van der Waals surface area contributed by atoms with Crippen LogP contribution in [0.4, 0.5) is 0 Å². The molecule has 1 saturated heterocycles. The van der Waals surface area contributed by atoms with Crippen LogP contribution in [-0.4, -0.2) is 57.6 Å². The first-order chi connectivity index (χ1) is 11.1. The van der Waals surface area contributed by atoms with E-state index in [9.17, 15) is 14.4 Å². The van der Waals surface area contributed by atoms with Crippen LogP contribution in [0.1, 0.15) is 13.8 Å². The summed E-state index contributed by atoms with van der Waals surface area (Å²) in [6.45, 7) is 10.4. The highest BCUT2D eigenvalue weighted by Gasteiger charge is 2.49. The Hall–Kier alpha value is -1.15. The SMILES string of the molecule is CCOC(=O)C(C(=O)OCC)C1C(=O)N(C)C/C1=C(/Br)[Si](C)(C)C. The average Bonchev–Trinajstić information content (AvgIpc) is 2.75. The van der Waals surface area contributed by atoms with E-state index in [1.807, 2.05) is 0 Å². The number of hydrogen-bond acceptors (Lipinski definition) is 5. The van der Waals surface area contributed by atoms with Crippen LogP contribution in [-0.2, 0) is 23.9 Å². The first kappa shape index (κ1) is 20.9. The van der Waals surface area contributed by atoms with E-state index >= 15 is 0 Å². The van der Waals surface area contributed by atoms with Crippen LogP contribution >= 0.6 is 15.9 Å². The van der Waals surface area contributed by atoms with Gasteiger partial charge in [-0.1, -0.05) is 35.6 Å². The molecule has 1 aliphatic heterocycles. The summed E-state index contributed by atoms with van der Waals surface area (Å²) < 4.78 is 11.0. The molecular formula is C16H26BrNO5Si. The third kappa shape index (κ3) is 4.47. The van der Waals surface area contributed by atoms with Gasteiger partial charge in [0.05, 0.1) is 27.2 Å². The Kier molecular flexibility index (Phi) is 7.21. The third-order valence-electron chi connectivity index (χ3n) is 3.78. The molecule has 0 spiro atoms. The molecule has 8 heteroatoms. The zero-order chi connectivity index (χ0) is 18.7. The number of esters is 2. The number of halogens is 1. The van der Waals surface area contributed by atoms with Gasteiger partial charge in [-0.3, -0.25) is 14.4 Å². The molecule has 0 radical (unpaired) electrons. The summed E-state index contributed by atoms with van der Waals surface area (Å²) in [5.41, 5.74) is 0.785. The molecule has 0 aromatic rings. The smallest absolute Gasteiger partial charge is 0.321 e.